The average Bonchev–Trinajstić information content (AvgIpc) is 2.31. The molecule has 2 N–H and O–H groups in total. The molecule has 0 radical (unpaired) electrons. The summed E-state index contributed by atoms with van der Waals surface area (Å²) in [6.07, 6.45) is 6.98. The molecule has 0 saturated carbocycles. The lowest BCUT2D eigenvalue weighted by molar-refractivity contribution is -0.133. The molecule has 1 atom stereocenters. The number of rotatable bonds is 2. The molecule has 0 spiro atoms. The van der Waals surface area contributed by atoms with E-state index in [2.05, 4.69) is 15.8 Å². The summed E-state index contributed by atoms with van der Waals surface area (Å²) in [5.74, 6) is 0.147. The van der Waals surface area contributed by atoms with E-state index in [1.807, 2.05) is 6.92 Å². The zero-order valence-electron chi connectivity index (χ0n) is 10.2. The first-order valence-corrected chi connectivity index (χ1v) is 6.52. The summed E-state index contributed by atoms with van der Waals surface area (Å²) in [4.78, 5) is 12.2. The third kappa shape index (κ3) is 2.74. The van der Waals surface area contributed by atoms with Crippen molar-refractivity contribution in [2.24, 2.45) is 0 Å². The highest BCUT2D eigenvalue weighted by molar-refractivity contribution is 5.85. The molecular formula is C12H23N3O. The zero-order chi connectivity index (χ0) is 11.4. The van der Waals surface area contributed by atoms with Gasteiger partial charge in [0.25, 0.3) is 5.91 Å². The highest BCUT2D eigenvalue weighted by Gasteiger charge is 2.35. The number of carbonyl (C=O) groups excluding carboxylic acids is 1. The van der Waals surface area contributed by atoms with Crippen LogP contribution in [0.4, 0.5) is 0 Å². The predicted octanol–water partition coefficient (Wildman–Crippen LogP) is 1.04. The van der Waals surface area contributed by atoms with Crippen LogP contribution < -0.4 is 10.7 Å². The van der Waals surface area contributed by atoms with E-state index < -0.39 is 0 Å². The molecule has 4 heteroatoms. The quantitative estimate of drug-likeness (QED) is 0.738. The standard InChI is InChI=1S/C12H23N3O/c1-12(7-3-4-8-13-12)11(16)14-15-9-5-2-6-10-15/h13H,2-10H2,1H3,(H,14,16). The molecule has 1 unspecified atom stereocenters. The Labute approximate surface area is 97.7 Å². The molecule has 0 aliphatic carbocycles. The molecule has 0 bridgehead atoms. The van der Waals surface area contributed by atoms with Crippen LogP contribution in [0.15, 0.2) is 0 Å². The number of nitrogens with one attached hydrogen (secondary N) is 2. The topological polar surface area (TPSA) is 44.4 Å². The zero-order valence-corrected chi connectivity index (χ0v) is 10.2. The van der Waals surface area contributed by atoms with Crippen molar-refractivity contribution in [2.45, 2.75) is 51.0 Å². The summed E-state index contributed by atoms with van der Waals surface area (Å²) in [5.41, 5.74) is 2.71. The Morgan fingerprint density at radius 3 is 2.56 bits per heavy atom. The van der Waals surface area contributed by atoms with Crippen LogP contribution >= 0.6 is 0 Å². The normalized spacial score (nSPS) is 32.3. The maximum atomic E-state index is 12.2. The molecule has 2 aliphatic rings. The predicted molar refractivity (Wildman–Crippen MR) is 63.8 cm³/mol. The molecule has 4 nitrogen and oxygen atoms in total. The van der Waals surface area contributed by atoms with Gasteiger partial charge in [-0.25, -0.2) is 5.01 Å². The minimum atomic E-state index is -0.351. The summed E-state index contributed by atoms with van der Waals surface area (Å²) >= 11 is 0. The molecular weight excluding hydrogens is 202 g/mol. The molecule has 2 heterocycles. The van der Waals surface area contributed by atoms with Gasteiger partial charge in [0.2, 0.25) is 0 Å². The van der Waals surface area contributed by atoms with Gasteiger partial charge in [-0.1, -0.05) is 6.42 Å². The number of amides is 1. The lowest BCUT2D eigenvalue weighted by Crippen LogP contribution is -2.60. The first-order valence-electron chi connectivity index (χ1n) is 6.52. The average molecular weight is 225 g/mol. The van der Waals surface area contributed by atoms with Crippen LogP contribution in [0.1, 0.15) is 45.4 Å². The van der Waals surface area contributed by atoms with E-state index in [9.17, 15) is 4.79 Å². The minimum absolute atomic E-state index is 0.147. The summed E-state index contributed by atoms with van der Waals surface area (Å²) in [6, 6.07) is 0. The molecule has 2 saturated heterocycles. The molecule has 2 aliphatic heterocycles. The van der Waals surface area contributed by atoms with Gasteiger partial charge in [0.1, 0.15) is 0 Å². The largest absolute Gasteiger partial charge is 0.304 e. The lowest BCUT2D eigenvalue weighted by atomic mass is 9.90. The van der Waals surface area contributed by atoms with E-state index in [1.165, 1.54) is 25.7 Å². The first kappa shape index (κ1) is 11.9. The van der Waals surface area contributed by atoms with Crippen molar-refractivity contribution in [1.29, 1.82) is 0 Å². The molecule has 16 heavy (non-hydrogen) atoms. The molecule has 2 fully saturated rings. The van der Waals surface area contributed by atoms with Crippen molar-refractivity contribution in [2.75, 3.05) is 19.6 Å². The second kappa shape index (κ2) is 5.15. The molecule has 92 valence electrons. The maximum Gasteiger partial charge on any atom is 0.254 e. The van der Waals surface area contributed by atoms with Gasteiger partial charge in [0, 0.05) is 13.1 Å². The highest BCUT2D eigenvalue weighted by atomic mass is 16.2. The van der Waals surface area contributed by atoms with Crippen molar-refractivity contribution in [3.05, 3.63) is 0 Å². The summed E-state index contributed by atoms with van der Waals surface area (Å²) in [6.45, 7) is 4.99. The second-order valence-corrected chi connectivity index (χ2v) is 5.20. The molecule has 2 rings (SSSR count). The molecule has 0 aromatic carbocycles. The number of piperidine rings is 2. The van der Waals surface area contributed by atoms with Crippen molar-refractivity contribution >= 4 is 5.91 Å². The van der Waals surface area contributed by atoms with E-state index in [0.29, 0.717) is 0 Å². The number of nitrogens with zero attached hydrogens (tertiary/aromatic N) is 1. The molecule has 0 aromatic rings. The van der Waals surface area contributed by atoms with Gasteiger partial charge >= 0.3 is 0 Å². The van der Waals surface area contributed by atoms with Crippen LogP contribution in [-0.4, -0.2) is 36.1 Å². The van der Waals surface area contributed by atoms with E-state index in [1.54, 1.807) is 0 Å². The van der Waals surface area contributed by atoms with Crippen molar-refractivity contribution < 1.29 is 4.79 Å². The first-order chi connectivity index (χ1) is 7.71. The second-order valence-electron chi connectivity index (χ2n) is 5.20. The lowest BCUT2D eigenvalue weighted by Gasteiger charge is -2.36. The smallest absolute Gasteiger partial charge is 0.254 e. The van der Waals surface area contributed by atoms with E-state index in [4.69, 9.17) is 0 Å². The van der Waals surface area contributed by atoms with Gasteiger partial charge in [-0.3, -0.25) is 10.2 Å². The molecule has 0 aromatic heterocycles. The van der Waals surface area contributed by atoms with Crippen molar-refractivity contribution in [1.82, 2.24) is 15.8 Å². The van der Waals surface area contributed by atoms with Crippen molar-refractivity contribution in [3.8, 4) is 0 Å². The third-order valence-electron chi connectivity index (χ3n) is 3.74. The van der Waals surface area contributed by atoms with Crippen LogP contribution in [0.3, 0.4) is 0 Å². The van der Waals surface area contributed by atoms with Gasteiger partial charge < -0.3 is 5.32 Å². The number of carbonyl (C=O) groups is 1. The van der Waals surface area contributed by atoms with Crippen LogP contribution in [-0.2, 0) is 4.79 Å². The highest BCUT2D eigenvalue weighted by Crippen LogP contribution is 2.19. The Balaban J connectivity index is 1.85. The van der Waals surface area contributed by atoms with E-state index >= 15 is 0 Å². The number of hydrogen-bond donors (Lipinski definition) is 2. The Morgan fingerprint density at radius 1 is 1.19 bits per heavy atom. The number of hydrogen-bond acceptors (Lipinski definition) is 3. The monoisotopic (exact) mass is 225 g/mol. The van der Waals surface area contributed by atoms with Crippen molar-refractivity contribution in [3.63, 3.8) is 0 Å². The Kier molecular flexibility index (Phi) is 3.82. The van der Waals surface area contributed by atoms with Crippen LogP contribution in [0.2, 0.25) is 0 Å². The van der Waals surface area contributed by atoms with Crippen LogP contribution in [0.5, 0.6) is 0 Å². The van der Waals surface area contributed by atoms with Gasteiger partial charge in [0.05, 0.1) is 5.54 Å². The van der Waals surface area contributed by atoms with E-state index in [0.717, 1.165) is 32.5 Å². The summed E-state index contributed by atoms with van der Waals surface area (Å²) in [7, 11) is 0. The minimum Gasteiger partial charge on any atom is -0.304 e. The fraction of sp³-hybridized carbons (Fsp3) is 0.917. The third-order valence-corrected chi connectivity index (χ3v) is 3.74. The Bertz CT molecular complexity index is 243. The Hall–Kier alpha value is -0.610. The van der Waals surface area contributed by atoms with Crippen LogP contribution in [0, 0.1) is 0 Å². The van der Waals surface area contributed by atoms with E-state index in [-0.39, 0.29) is 11.4 Å². The van der Waals surface area contributed by atoms with Crippen LogP contribution in [0.25, 0.3) is 0 Å². The fourth-order valence-corrected chi connectivity index (χ4v) is 2.52. The number of hydrazine groups is 1. The van der Waals surface area contributed by atoms with Gasteiger partial charge in [-0.05, 0) is 45.6 Å². The fourth-order valence-electron chi connectivity index (χ4n) is 2.52. The van der Waals surface area contributed by atoms with Gasteiger partial charge in [-0.2, -0.15) is 0 Å². The van der Waals surface area contributed by atoms with Gasteiger partial charge in [-0.15, -0.1) is 0 Å². The molecule has 1 amide bonds. The maximum absolute atomic E-state index is 12.2. The summed E-state index contributed by atoms with van der Waals surface area (Å²) < 4.78 is 0. The summed E-state index contributed by atoms with van der Waals surface area (Å²) in [5, 5.41) is 5.42. The Morgan fingerprint density at radius 2 is 1.94 bits per heavy atom. The van der Waals surface area contributed by atoms with Gasteiger partial charge in [0.15, 0.2) is 0 Å². The SMILES string of the molecule is CC1(C(=O)NN2CCCCC2)CCCCN1.